The van der Waals surface area contributed by atoms with Crippen LogP contribution in [-0.4, -0.2) is 28.9 Å². The molecule has 6 nitrogen and oxygen atoms in total. The minimum atomic E-state index is -0.347. The number of ether oxygens (including phenoxy) is 1. The van der Waals surface area contributed by atoms with Crippen molar-refractivity contribution < 1.29 is 14.3 Å². The van der Waals surface area contributed by atoms with E-state index < -0.39 is 0 Å². The molecule has 1 aromatic heterocycles. The van der Waals surface area contributed by atoms with Gasteiger partial charge in [-0.15, -0.1) is 0 Å². The minimum Gasteiger partial charge on any atom is -0.478 e. The summed E-state index contributed by atoms with van der Waals surface area (Å²) in [6.45, 7) is 4.48. The molecule has 1 aromatic rings. The molecule has 4 saturated carbocycles. The maximum Gasteiger partial charge on any atom is 0.226 e. The summed E-state index contributed by atoms with van der Waals surface area (Å²) < 4.78 is 5.57. The zero-order valence-corrected chi connectivity index (χ0v) is 16.2. The van der Waals surface area contributed by atoms with Crippen molar-refractivity contribution >= 4 is 11.8 Å². The maximum atomic E-state index is 13.3. The SMILES string of the molecule is CCOc1ncccc1CNC(=O)C12CC3CC(CC(NC(C)=O)(C3)C1)C2. The fourth-order valence-corrected chi connectivity index (χ4v) is 6.24. The highest BCUT2D eigenvalue weighted by Crippen LogP contribution is 2.61. The van der Waals surface area contributed by atoms with Crippen molar-refractivity contribution in [2.24, 2.45) is 17.3 Å². The zero-order valence-electron chi connectivity index (χ0n) is 16.2. The van der Waals surface area contributed by atoms with E-state index in [0.717, 1.165) is 37.7 Å². The molecular formula is C21H29N3O3. The van der Waals surface area contributed by atoms with Crippen LogP contribution in [0.3, 0.4) is 0 Å². The van der Waals surface area contributed by atoms with E-state index in [1.165, 1.54) is 6.42 Å². The summed E-state index contributed by atoms with van der Waals surface area (Å²) in [6, 6.07) is 3.80. The Labute approximate surface area is 160 Å². The van der Waals surface area contributed by atoms with E-state index in [2.05, 4.69) is 15.6 Å². The van der Waals surface area contributed by atoms with Gasteiger partial charge in [-0.05, 0) is 63.4 Å². The minimum absolute atomic E-state index is 0.0178. The molecule has 0 aliphatic heterocycles. The molecule has 2 amide bonds. The quantitative estimate of drug-likeness (QED) is 0.805. The Morgan fingerprint density at radius 1 is 1.26 bits per heavy atom. The Hall–Kier alpha value is -2.11. The van der Waals surface area contributed by atoms with Crippen molar-refractivity contribution in [1.29, 1.82) is 0 Å². The van der Waals surface area contributed by atoms with E-state index in [4.69, 9.17) is 4.74 Å². The van der Waals surface area contributed by atoms with Crippen molar-refractivity contribution in [3.05, 3.63) is 23.9 Å². The van der Waals surface area contributed by atoms with Crippen LogP contribution in [0.4, 0.5) is 0 Å². The number of carbonyl (C=O) groups is 2. The number of hydrogen-bond acceptors (Lipinski definition) is 4. The van der Waals surface area contributed by atoms with Gasteiger partial charge in [-0.25, -0.2) is 4.98 Å². The number of carbonyl (C=O) groups excluding carboxylic acids is 2. The lowest BCUT2D eigenvalue weighted by atomic mass is 9.46. The largest absolute Gasteiger partial charge is 0.478 e. The molecule has 0 aromatic carbocycles. The molecule has 146 valence electrons. The number of rotatable bonds is 6. The molecule has 2 N–H and O–H groups in total. The molecule has 0 radical (unpaired) electrons. The second-order valence-electron chi connectivity index (χ2n) is 8.79. The summed E-state index contributed by atoms with van der Waals surface area (Å²) in [6.07, 6.45) is 7.61. The van der Waals surface area contributed by atoms with Gasteiger partial charge in [-0.2, -0.15) is 0 Å². The van der Waals surface area contributed by atoms with Crippen LogP contribution in [0.1, 0.15) is 57.9 Å². The van der Waals surface area contributed by atoms with Crippen LogP contribution in [-0.2, 0) is 16.1 Å². The molecule has 1 heterocycles. The fraction of sp³-hybridized carbons (Fsp3) is 0.667. The van der Waals surface area contributed by atoms with E-state index in [1.54, 1.807) is 13.1 Å². The van der Waals surface area contributed by atoms with Crippen molar-refractivity contribution in [2.45, 2.75) is 64.5 Å². The summed E-state index contributed by atoms with van der Waals surface area (Å²) in [5.74, 6) is 1.81. The Bertz CT molecular complexity index is 734. The monoisotopic (exact) mass is 371 g/mol. The lowest BCUT2D eigenvalue weighted by Crippen LogP contribution is -2.65. The van der Waals surface area contributed by atoms with Crippen LogP contribution in [0.2, 0.25) is 0 Å². The van der Waals surface area contributed by atoms with E-state index in [-0.39, 0.29) is 22.8 Å². The molecule has 0 saturated heterocycles. The van der Waals surface area contributed by atoms with Gasteiger partial charge in [0.1, 0.15) is 0 Å². The average molecular weight is 371 g/mol. The van der Waals surface area contributed by atoms with E-state index in [0.29, 0.717) is 30.9 Å². The fourth-order valence-electron chi connectivity index (χ4n) is 6.24. The highest BCUT2D eigenvalue weighted by Gasteiger charge is 2.60. The van der Waals surface area contributed by atoms with Crippen LogP contribution >= 0.6 is 0 Å². The maximum absolute atomic E-state index is 13.3. The third kappa shape index (κ3) is 3.42. The normalized spacial score (nSPS) is 33.6. The second kappa shape index (κ2) is 6.80. The van der Waals surface area contributed by atoms with Gasteiger partial charge in [0, 0.05) is 30.8 Å². The summed E-state index contributed by atoms with van der Waals surface area (Å²) in [7, 11) is 0. The van der Waals surface area contributed by atoms with Crippen LogP contribution in [0, 0.1) is 17.3 Å². The van der Waals surface area contributed by atoms with Gasteiger partial charge in [0.15, 0.2) is 0 Å². The van der Waals surface area contributed by atoms with E-state index in [9.17, 15) is 9.59 Å². The Morgan fingerprint density at radius 3 is 2.67 bits per heavy atom. The van der Waals surface area contributed by atoms with Gasteiger partial charge >= 0.3 is 0 Å². The number of nitrogens with one attached hydrogen (secondary N) is 2. The third-order valence-corrected chi connectivity index (χ3v) is 6.55. The lowest BCUT2D eigenvalue weighted by Gasteiger charge is -2.61. The predicted octanol–water partition coefficient (Wildman–Crippen LogP) is 2.57. The highest BCUT2D eigenvalue weighted by atomic mass is 16.5. The third-order valence-electron chi connectivity index (χ3n) is 6.55. The van der Waals surface area contributed by atoms with Crippen molar-refractivity contribution in [3.8, 4) is 5.88 Å². The van der Waals surface area contributed by atoms with Gasteiger partial charge < -0.3 is 15.4 Å². The molecule has 27 heavy (non-hydrogen) atoms. The molecule has 5 rings (SSSR count). The first-order chi connectivity index (χ1) is 12.9. The van der Waals surface area contributed by atoms with E-state index in [1.807, 2.05) is 19.1 Å². The molecule has 2 unspecified atom stereocenters. The van der Waals surface area contributed by atoms with Crippen molar-refractivity contribution in [3.63, 3.8) is 0 Å². The molecule has 4 bridgehead atoms. The Balaban J connectivity index is 1.49. The summed E-state index contributed by atoms with van der Waals surface area (Å²) in [5, 5.41) is 6.37. The molecule has 2 atom stereocenters. The van der Waals surface area contributed by atoms with Gasteiger partial charge in [0.2, 0.25) is 17.7 Å². The van der Waals surface area contributed by atoms with Gasteiger partial charge in [0.25, 0.3) is 0 Å². The summed E-state index contributed by atoms with van der Waals surface area (Å²) >= 11 is 0. The Kier molecular flexibility index (Phi) is 4.60. The number of amides is 2. The molecule has 4 fully saturated rings. The van der Waals surface area contributed by atoms with E-state index >= 15 is 0 Å². The highest BCUT2D eigenvalue weighted by molar-refractivity contribution is 5.84. The molecule has 6 heteroatoms. The first kappa shape index (κ1) is 18.3. The molecule has 4 aliphatic carbocycles. The number of nitrogens with zero attached hydrogens (tertiary/aromatic N) is 1. The van der Waals surface area contributed by atoms with Crippen LogP contribution < -0.4 is 15.4 Å². The van der Waals surface area contributed by atoms with Crippen molar-refractivity contribution in [1.82, 2.24) is 15.6 Å². The van der Waals surface area contributed by atoms with Gasteiger partial charge in [0.05, 0.1) is 12.0 Å². The molecule has 4 aliphatic rings. The van der Waals surface area contributed by atoms with Gasteiger partial charge in [-0.3, -0.25) is 9.59 Å². The first-order valence-corrected chi connectivity index (χ1v) is 10.1. The topological polar surface area (TPSA) is 80.3 Å². The predicted molar refractivity (Wildman–Crippen MR) is 101 cm³/mol. The van der Waals surface area contributed by atoms with Gasteiger partial charge in [-0.1, -0.05) is 6.07 Å². The summed E-state index contributed by atoms with van der Waals surface area (Å²) in [4.78, 5) is 29.3. The first-order valence-electron chi connectivity index (χ1n) is 10.1. The smallest absolute Gasteiger partial charge is 0.226 e. The van der Waals surface area contributed by atoms with Crippen LogP contribution in [0.5, 0.6) is 5.88 Å². The van der Waals surface area contributed by atoms with Crippen LogP contribution in [0.15, 0.2) is 18.3 Å². The number of hydrogen-bond donors (Lipinski definition) is 2. The summed E-state index contributed by atoms with van der Waals surface area (Å²) in [5.41, 5.74) is 0.368. The van der Waals surface area contributed by atoms with Crippen LogP contribution in [0.25, 0.3) is 0 Å². The molecule has 0 spiro atoms. The standard InChI is InChI=1S/C21H29N3O3/c1-3-27-18-17(5-4-6-22-18)12-23-19(26)20-8-15-7-16(9-20)11-21(10-15,13-20)24-14(2)25/h4-6,15-16H,3,7-13H2,1-2H3,(H,23,26)(H,24,25). The average Bonchev–Trinajstić information content (AvgIpc) is 2.58. The second-order valence-corrected chi connectivity index (χ2v) is 8.79. The number of pyridine rings is 1. The zero-order chi connectivity index (χ0) is 19.1. The van der Waals surface area contributed by atoms with Crippen molar-refractivity contribution in [2.75, 3.05) is 6.61 Å². The lowest BCUT2D eigenvalue weighted by molar-refractivity contribution is -0.153. The molecular weight excluding hydrogens is 342 g/mol. The Morgan fingerprint density at radius 2 is 2.00 bits per heavy atom. The number of aromatic nitrogens is 1.